The second-order valence-electron chi connectivity index (χ2n) is 3.40. The number of carbonyl (C=O) groups is 1. The molecule has 0 rings (SSSR count). The van der Waals surface area contributed by atoms with E-state index in [1.807, 2.05) is 20.8 Å². The number of hydrogen-bond acceptors (Lipinski definition) is 3. The van der Waals surface area contributed by atoms with Crippen LogP contribution in [0.25, 0.3) is 0 Å². The SMILES string of the molecule is CCOC(CCO)C(C)(C)C=O. The molecule has 0 saturated carbocycles. The molecule has 12 heavy (non-hydrogen) atoms. The van der Waals surface area contributed by atoms with E-state index in [9.17, 15) is 4.79 Å². The Kier molecular flexibility index (Phi) is 5.09. The van der Waals surface area contributed by atoms with E-state index < -0.39 is 5.41 Å². The zero-order chi connectivity index (χ0) is 9.61. The van der Waals surface area contributed by atoms with E-state index in [0.717, 1.165) is 6.29 Å². The minimum atomic E-state index is -0.501. The Morgan fingerprint density at radius 1 is 1.58 bits per heavy atom. The summed E-state index contributed by atoms with van der Waals surface area (Å²) < 4.78 is 5.35. The van der Waals surface area contributed by atoms with Gasteiger partial charge < -0.3 is 14.6 Å². The van der Waals surface area contributed by atoms with Gasteiger partial charge >= 0.3 is 0 Å². The van der Waals surface area contributed by atoms with E-state index in [0.29, 0.717) is 13.0 Å². The van der Waals surface area contributed by atoms with E-state index in [1.54, 1.807) is 0 Å². The van der Waals surface area contributed by atoms with Gasteiger partial charge in [0.1, 0.15) is 6.29 Å². The molecule has 0 aliphatic heterocycles. The van der Waals surface area contributed by atoms with Crippen molar-refractivity contribution < 1.29 is 14.6 Å². The second kappa shape index (κ2) is 5.27. The first-order valence-corrected chi connectivity index (χ1v) is 4.27. The largest absolute Gasteiger partial charge is 0.396 e. The highest BCUT2D eigenvalue weighted by Crippen LogP contribution is 2.22. The Bertz CT molecular complexity index is 126. The van der Waals surface area contributed by atoms with Gasteiger partial charge in [-0.25, -0.2) is 0 Å². The fourth-order valence-corrected chi connectivity index (χ4v) is 1.06. The van der Waals surface area contributed by atoms with Crippen LogP contribution in [0.15, 0.2) is 0 Å². The molecule has 0 fully saturated rings. The van der Waals surface area contributed by atoms with Crippen LogP contribution in [0.1, 0.15) is 27.2 Å². The van der Waals surface area contributed by atoms with E-state index >= 15 is 0 Å². The van der Waals surface area contributed by atoms with Crippen LogP contribution in [0.3, 0.4) is 0 Å². The Morgan fingerprint density at radius 3 is 2.50 bits per heavy atom. The smallest absolute Gasteiger partial charge is 0.128 e. The maximum absolute atomic E-state index is 10.7. The summed E-state index contributed by atoms with van der Waals surface area (Å²) in [7, 11) is 0. The normalized spacial score (nSPS) is 14.3. The Labute approximate surface area is 73.7 Å². The number of hydrogen-bond donors (Lipinski definition) is 1. The van der Waals surface area contributed by atoms with E-state index in [-0.39, 0.29) is 12.7 Å². The van der Waals surface area contributed by atoms with Crippen molar-refractivity contribution in [2.75, 3.05) is 13.2 Å². The van der Waals surface area contributed by atoms with Crippen LogP contribution < -0.4 is 0 Å². The van der Waals surface area contributed by atoms with Crippen LogP contribution in [-0.2, 0) is 9.53 Å². The molecule has 0 amide bonds. The summed E-state index contributed by atoms with van der Waals surface area (Å²) in [5, 5.41) is 8.73. The van der Waals surface area contributed by atoms with Crippen LogP contribution in [0, 0.1) is 5.41 Å². The molecule has 1 unspecified atom stereocenters. The molecule has 3 nitrogen and oxygen atoms in total. The van der Waals surface area contributed by atoms with Gasteiger partial charge in [0.2, 0.25) is 0 Å². The number of aldehydes is 1. The minimum Gasteiger partial charge on any atom is -0.396 e. The molecule has 0 aromatic heterocycles. The third kappa shape index (κ3) is 3.32. The van der Waals surface area contributed by atoms with E-state index in [1.165, 1.54) is 0 Å². The van der Waals surface area contributed by atoms with Crippen LogP contribution in [0.4, 0.5) is 0 Å². The quantitative estimate of drug-likeness (QED) is 0.611. The number of aliphatic hydroxyl groups excluding tert-OH is 1. The van der Waals surface area contributed by atoms with Gasteiger partial charge in [0.15, 0.2) is 0 Å². The van der Waals surface area contributed by atoms with Gasteiger partial charge in [-0.3, -0.25) is 0 Å². The van der Waals surface area contributed by atoms with Crippen LogP contribution in [-0.4, -0.2) is 30.7 Å². The zero-order valence-electron chi connectivity index (χ0n) is 8.04. The number of carbonyl (C=O) groups excluding carboxylic acids is 1. The molecule has 1 atom stereocenters. The molecule has 0 saturated heterocycles. The molecule has 0 aliphatic rings. The molecular formula is C9H18O3. The average Bonchev–Trinajstić information content (AvgIpc) is 2.04. The highest BCUT2D eigenvalue weighted by molar-refractivity contribution is 5.59. The molecule has 0 radical (unpaired) electrons. The lowest BCUT2D eigenvalue weighted by atomic mass is 9.86. The lowest BCUT2D eigenvalue weighted by Crippen LogP contribution is -2.34. The molecule has 0 bridgehead atoms. The minimum absolute atomic E-state index is 0.0575. The Balaban J connectivity index is 4.16. The fraction of sp³-hybridized carbons (Fsp3) is 0.889. The second-order valence-corrected chi connectivity index (χ2v) is 3.40. The molecular weight excluding hydrogens is 156 g/mol. The summed E-state index contributed by atoms with van der Waals surface area (Å²) in [5.41, 5.74) is -0.501. The Morgan fingerprint density at radius 2 is 2.17 bits per heavy atom. The highest BCUT2D eigenvalue weighted by atomic mass is 16.5. The molecule has 0 aromatic rings. The first-order chi connectivity index (χ1) is 5.58. The van der Waals surface area contributed by atoms with Crippen molar-refractivity contribution >= 4 is 6.29 Å². The van der Waals surface area contributed by atoms with Crippen molar-refractivity contribution in [2.45, 2.75) is 33.3 Å². The van der Waals surface area contributed by atoms with Crippen LogP contribution in [0.5, 0.6) is 0 Å². The van der Waals surface area contributed by atoms with Gasteiger partial charge in [-0.05, 0) is 13.3 Å². The molecule has 1 N–H and O–H groups in total. The van der Waals surface area contributed by atoms with Gasteiger partial charge in [-0.1, -0.05) is 13.8 Å². The highest BCUT2D eigenvalue weighted by Gasteiger charge is 2.28. The average molecular weight is 174 g/mol. The van der Waals surface area contributed by atoms with E-state index in [4.69, 9.17) is 9.84 Å². The topological polar surface area (TPSA) is 46.5 Å². The fourth-order valence-electron chi connectivity index (χ4n) is 1.06. The van der Waals surface area contributed by atoms with Crippen molar-refractivity contribution in [3.05, 3.63) is 0 Å². The van der Waals surface area contributed by atoms with Gasteiger partial charge in [0.25, 0.3) is 0 Å². The van der Waals surface area contributed by atoms with Crippen molar-refractivity contribution in [3.8, 4) is 0 Å². The Hall–Kier alpha value is -0.410. The summed E-state index contributed by atoms with van der Waals surface area (Å²) in [6, 6.07) is 0. The van der Waals surface area contributed by atoms with Crippen LogP contribution >= 0.6 is 0 Å². The predicted octanol–water partition coefficient (Wildman–Crippen LogP) is 0.999. The molecule has 0 aromatic carbocycles. The molecule has 3 heteroatoms. The zero-order valence-corrected chi connectivity index (χ0v) is 8.04. The van der Waals surface area contributed by atoms with E-state index in [2.05, 4.69) is 0 Å². The molecule has 0 aliphatic carbocycles. The standard InChI is InChI=1S/C9H18O3/c1-4-12-8(5-6-10)9(2,3)7-11/h7-8,10H,4-6H2,1-3H3. The third-order valence-electron chi connectivity index (χ3n) is 1.89. The summed E-state index contributed by atoms with van der Waals surface area (Å²) in [6.45, 7) is 6.14. The van der Waals surface area contributed by atoms with Crippen molar-refractivity contribution in [1.82, 2.24) is 0 Å². The summed E-state index contributed by atoms with van der Waals surface area (Å²) in [5.74, 6) is 0. The summed E-state index contributed by atoms with van der Waals surface area (Å²) in [6.07, 6.45) is 1.22. The van der Waals surface area contributed by atoms with Gasteiger partial charge in [-0.2, -0.15) is 0 Å². The van der Waals surface area contributed by atoms with Gasteiger partial charge in [0, 0.05) is 18.6 Å². The first-order valence-electron chi connectivity index (χ1n) is 4.27. The van der Waals surface area contributed by atoms with Crippen molar-refractivity contribution in [3.63, 3.8) is 0 Å². The maximum atomic E-state index is 10.7. The monoisotopic (exact) mass is 174 g/mol. The third-order valence-corrected chi connectivity index (χ3v) is 1.89. The number of rotatable bonds is 6. The van der Waals surface area contributed by atoms with Gasteiger partial charge in [-0.15, -0.1) is 0 Å². The maximum Gasteiger partial charge on any atom is 0.128 e. The van der Waals surface area contributed by atoms with Crippen molar-refractivity contribution in [2.24, 2.45) is 5.41 Å². The molecule has 0 heterocycles. The predicted molar refractivity (Wildman–Crippen MR) is 47.0 cm³/mol. The summed E-state index contributed by atoms with van der Waals surface area (Å²) in [4.78, 5) is 10.7. The first kappa shape index (κ1) is 11.6. The van der Waals surface area contributed by atoms with Crippen molar-refractivity contribution in [1.29, 1.82) is 0 Å². The van der Waals surface area contributed by atoms with Crippen LogP contribution in [0.2, 0.25) is 0 Å². The molecule has 72 valence electrons. The van der Waals surface area contributed by atoms with Gasteiger partial charge in [0.05, 0.1) is 6.10 Å². The number of ether oxygens (including phenoxy) is 1. The lowest BCUT2D eigenvalue weighted by molar-refractivity contribution is -0.123. The summed E-state index contributed by atoms with van der Waals surface area (Å²) >= 11 is 0. The lowest BCUT2D eigenvalue weighted by Gasteiger charge is -2.28. The molecule has 0 spiro atoms. The number of aliphatic hydroxyl groups is 1.